The summed E-state index contributed by atoms with van der Waals surface area (Å²) in [5, 5.41) is 7.87. The van der Waals surface area contributed by atoms with Crippen LogP contribution >= 0.6 is 0 Å². The average Bonchev–Trinajstić information content (AvgIpc) is 2.78. The van der Waals surface area contributed by atoms with Crippen LogP contribution in [-0.2, 0) is 0 Å². The summed E-state index contributed by atoms with van der Waals surface area (Å²) in [6, 6.07) is 5.93. The van der Waals surface area contributed by atoms with Crippen molar-refractivity contribution in [3.63, 3.8) is 0 Å². The van der Waals surface area contributed by atoms with Crippen molar-refractivity contribution < 1.29 is 0 Å². The highest BCUT2D eigenvalue weighted by atomic mass is 15.1. The maximum absolute atomic E-state index is 4.19. The summed E-state index contributed by atoms with van der Waals surface area (Å²) in [4.78, 5) is 8.19. The zero-order valence-electron chi connectivity index (χ0n) is 7.88. The molecule has 0 amide bonds. The van der Waals surface area contributed by atoms with Crippen LogP contribution in [0.15, 0.2) is 43.0 Å². The Morgan fingerprint density at radius 3 is 2.73 bits per heavy atom. The van der Waals surface area contributed by atoms with Crippen molar-refractivity contribution in [3.8, 4) is 11.1 Å². The molecule has 1 N–H and O–H groups in total. The van der Waals surface area contributed by atoms with Gasteiger partial charge in [-0.15, -0.1) is 0 Å². The van der Waals surface area contributed by atoms with Crippen LogP contribution < -0.4 is 0 Å². The van der Waals surface area contributed by atoms with E-state index in [0.717, 1.165) is 22.2 Å². The van der Waals surface area contributed by atoms with Crippen LogP contribution in [0, 0.1) is 0 Å². The minimum atomic E-state index is 0.810. The molecular formula is C11H8N4. The van der Waals surface area contributed by atoms with Crippen LogP contribution in [0.4, 0.5) is 0 Å². The van der Waals surface area contributed by atoms with Gasteiger partial charge in [0.2, 0.25) is 0 Å². The molecule has 3 aromatic heterocycles. The molecule has 4 nitrogen and oxygen atoms in total. The van der Waals surface area contributed by atoms with Gasteiger partial charge in [-0.2, -0.15) is 5.10 Å². The van der Waals surface area contributed by atoms with Gasteiger partial charge in [0, 0.05) is 24.0 Å². The Balaban J connectivity index is 2.31. The number of hydrogen-bond acceptors (Lipinski definition) is 3. The molecule has 0 bridgehead atoms. The number of rotatable bonds is 1. The van der Waals surface area contributed by atoms with Gasteiger partial charge in [-0.1, -0.05) is 0 Å². The molecule has 0 radical (unpaired) electrons. The normalized spacial score (nSPS) is 10.7. The maximum Gasteiger partial charge on any atom is 0.155 e. The van der Waals surface area contributed by atoms with Gasteiger partial charge in [0.15, 0.2) is 5.65 Å². The summed E-state index contributed by atoms with van der Waals surface area (Å²) < 4.78 is 0. The first kappa shape index (κ1) is 8.11. The Hall–Kier alpha value is -2.23. The highest BCUT2D eigenvalue weighted by Gasteiger charge is 2.04. The summed E-state index contributed by atoms with van der Waals surface area (Å²) in [7, 11) is 0. The molecule has 15 heavy (non-hydrogen) atoms. The van der Waals surface area contributed by atoms with Crippen LogP contribution in [0.5, 0.6) is 0 Å². The Labute approximate surface area is 86.0 Å². The van der Waals surface area contributed by atoms with Gasteiger partial charge < -0.3 is 0 Å². The second kappa shape index (κ2) is 3.16. The van der Waals surface area contributed by atoms with E-state index in [9.17, 15) is 0 Å². The van der Waals surface area contributed by atoms with Gasteiger partial charge in [0.05, 0.1) is 6.20 Å². The lowest BCUT2D eigenvalue weighted by atomic mass is 10.1. The number of fused-ring (bicyclic) bond motifs is 1. The Morgan fingerprint density at radius 2 is 1.87 bits per heavy atom. The number of H-pyrrole nitrogens is 1. The van der Waals surface area contributed by atoms with Gasteiger partial charge in [-0.05, 0) is 29.3 Å². The number of aromatic amines is 1. The number of nitrogens with zero attached hydrogens (tertiary/aromatic N) is 3. The molecule has 0 atom stereocenters. The molecule has 0 fully saturated rings. The zero-order valence-corrected chi connectivity index (χ0v) is 7.88. The second-order valence-electron chi connectivity index (χ2n) is 3.23. The standard InChI is InChI=1S/C11H8N4/c1-4-12-5-2-8(1)9-3-6-13-11-10(9)7-14-15-11/h1-7H,(H,13,14,15). The van der Waals surface area contributed by atoms with Gasteiger partial charge in [-0.25, -0.2) is 4.98 Å². The lowest BCUT2D eigenvalue weighted by Gasteiger charge is -2.00. The van der Waals surface area contributed by atoms with Gasteiger partial charge in [0.25, 0.3) is 0 Å². The second-order valence-corrected chi connectivity index (χ2v) is 3.23. The predicted molar refractivity (Wildman–Crippen MR) is 57.1 cm³/mol. The molecule has 0 aliphatic carbocycles. The van der Waals surface area contributed by atoms with Crippen molar-refractivity contribution in [1.29, 1.82) is 0 Å². The fourth-order valence-electron chi connectivity index (χ4n) is 1.63. The first-order valence-corrected chi connectivity index (χ1v) is 4.63. The van der Waals surface area contributed by atoms with Gasteiger partial charge >= 0.3 is 0 Å². The summed E-state index contributed by atoms with van der Waals surface area (Å²) in [5.41, 5.74) is 3.05. The number of hydrogen-bond donors (Lipinski definition) is 1. The molecule has 0 spiro atoms. The minimum absolute atomic E-state index is 0.810. The fraction of sp³-hybridized carbons (Fsp3) is 0. The van der Waals surface area contributed by atoms with E-state index in [4.69, 9.17) is 0 Å². The molecule has 4 heteroatoms. The number of aromatic nitrogens is 4. The molecule has 0 aliphatic heterocycles. The van der Waals surface area contributed by atoms with Crippen molar-refractivity contribution in [2.45, 2.75) is 0 Å². The van der Waals surface area contributed by atoms with E-state index < -0.39 is 0 Å². The van der Waals surface area contributed by atoms with Crippen LogP contribution in [0.25, 0.3) is 22.2 Å². The highest BCUT2D eigenvalue weighted by molar-refractivity contribution is 5.91. The molecule has 0 saturated heterocycles. The van der Waals surface area contributed by atoms with E-state index in [1.165, 1.54) is 0 Å². The van der Waals surface area contributed by atoms with E-state index in [0.29, 0.717) is 0 Å². The smallest absolute Gasteiger partial charge is 0.155 e. The van der Waals surface area contributed by atoms with E-state index in [1.807, 2.05) is 18.2 Å². The zero-order chi connectivity index (χ0) is 10.1. The van der Waals surface area contributed by atoms with Crippen LogP contribution in [0.3, 0.4) is 0 Å². The molecule has 3 aromatic rings. The van der Waals surface area contributed by atoms with Gasteiger partial charge in [0.1, 0.15) is 0 Å². The first-order chi connectivity index (χ1) is 7.45. The van der Waals surface area contributed by atoms with Crippen molar-refractivity contribution in [2.24, 2.45) is 0 Å². The summed E-state index contributed by atoms with van der Waals surface area (Å²) in [6.07, 6.45) is 7.12. The fourth-order valence-corrected chi connectivity index (χ4v) is 1.63. The Morgan fingerprint density at radius 1 is 1.00 bits per heavy atom. The van der Waals surface area contributed by atoms with Gasteiger partial charge in [-0.3, -0.25) is 10.1 Å². The van der Waals surface area contributed by atoms with Crippen LogP contribution in [0.1, 0.15) is 0 Å². The van der Waals surface area contributed by atoms with E-state index in [2.05, 4.69) is 20.2 Å². The molecule has 3 rings (SSSR count). The van der Waals surface area contributed by atoms with Crippen LogP contribution in [0.2, 0.25) is 0 Å². The Bertz CT molecular complexity index is 586. The summed E-state index contributed by atoms with van der Waals surface area (Å²) >= 11 is 0. The third-order valence-corrected chi connectivity index (χ3v) is 2.35. The lowest BCUT2D eigenvalue weighted by molar-refractivity contribution is 1.10. The van der Waals surface area contributed by atoms with Crippen molar-refractivity contribution in [3.05, 3.63) is 43.0 Å². The monoisotopic (exact) mass is 196 g/mol. The van der Waals surface area contributed by atoms with E-state index in [1.54, 1.807) is 24.8 Å². The molecule has 0 saturated carbocycles. The molecule has 3 heterocycles. The maximum atomic E-state index is 4.19. The third kappa shape index (κ3) is 1.27. The summed E-state index contributed by atoms with van der Waals surface area (Å²) in [6.45, 7) is 0. The largest absolute Gasteiger partial charge is 0.265 e. The number of pyridine rings is 2. The molecule has 0 aliphatic rings. The quantitative estimate of drug-likeness (QED) is 0.647. The van der Waals surface area contributed by atoms with E-state index in [-0.39, 0.29) is 0 Å². The minimum Gasteiger partial charge on any atom is -0.265 e. The van der Waals surface area contributed by atoms with E-state index >= 15 is 0 Å². The first-order valence-electron chi connectivity index (χ1n) is 4.63. The molecular weight excluding hydrogens is 188 g/mol. The predicted octanol–water partition coefficient (Wildman–Crippen LogP) is 2.02. The number of nitrogens with one attached hydrogen (secondary N) is 1. The Kier molecular flexibility index (Phi) is 1.71. The molecule has 0 aromatic carbocycles. The van der Waals surface area contributed by atoms with Crippen molar-refractivity contribution in [1.82, 2.24) is 20.2 Å². The van der Waals surface area contributed by atoms with Crippen molar-refractivity contribution in [2.75, 3.05) is 0 Å². The molecule has 0 unspecified atom stereocenters. The third-order valence-electron chi connectivity index (χ3n) is 2.35. The topological polar surface area (TPSA) is 54.5 Å². The van der Waals surface area contributed by atoms with Crippen LogP contribution in [-0.4, -0.2) is 20.2 Å². The van der Waals surface area contributed by atoms with Crippen molar-refractivity contribution >= 4 is 11.0 Å². The SMILES string of the molecule is c1cc(-c2ccnc3[nH]ncc23)ccn1. The lowest BCUT2D eigenvalue weighted by Crippen LogP contribution is -1.82. The molecule has 72 valence electrons. The highest BCUT2D eigenvalue weighted by Crippen LogP contribution is 2.25. The summed E-state index contributed by atoms with van der Waals surface area (Å²) in [5.74, 6) is 0. The average molecular weight is 196 g/mol.